The normalized spacial score (nSPS) is 14.5. The van der Waals surface area contributed by atoms with Crippen molar-refractivity contribution in [2.75, 3.05) is 25.0 Å². The minimum Gasteiger partial charge on any atom is -0.388 e. The minimum absolute atomic E-state index is 0.109. The van der Waals surface area contributed by atoms with Gasteiger partial charge >= 0.3 is 0 Å². The van der Waals surface area contributed by atoms with Crippen molar-refractivity contribution in [2.45, 2.75) is 25.9 Å². The van der Waals surface area contributed by atoms with E-state index in [1.54, 1.807) is 6.07 Å². The lowest BCUT2D eigenvalue weighted by atomic mass is 10.0. The molecule has 1 saturated heterocycles. The number of carbonyl (C=O) groups excluding carboxylic acids is 2. The van der Waals surface area contributed by atoms with Crippen molar-refractivity contribution in [3.63, 3.8) is 0 Å². The number of amides is 1. The molecule has 1 aliphatic rings. The van der Waals surface area contributed by atoms with Gasteiger partial charge in [-0.05, 0) is 60.9 Å². The first-order valence-electron chi connectivity index (χ1n) is 10.7. The van der Waals surface area contributed by atoms with Crippen LogP contribution in [0.15, 0.2) is 54.6 Å². The molecule has 2 heterocycles. The van der Waals surface area contributed by atoms with Gasteiger partial charge in [-0.2, -0.15) is 0 Å². The first-order valence-corrected chi connectivity index (χ1v) is 11.5. The van der Waals surface area contributed by atoms with E-state index in [-0.39, 0.29) is 17.7 Å². The monoisotopic (exact) mass is 449 g/mol. The van der Waals surface area contributed by atoms with Crippen LogP contribution in [-0.4, -0.2) is 42.5 Å². The fraction of sp³-hybridized carbons (Fsp3) is 0.280. The van der Waals surface area contributed by atoms with Crippen LogP contribution in [0.4, 0.5) is 5.69 Å². The molecule has 0 spiro atoms. The lowest BCUT2D eigenvalue weighted by Crippen LogP contribution is -2.51. The highest BCUT2D eigenvalue weighted by atomic mass is 32.1. The molecular weight excluding hydrogens is 422 g/mol. The van der Waals surface area contributed by atoms with Crippen molar-refractivity contribution in [1.29, 1.82) is 0 Å². The molecule has 3 aromatic rings. The van der Waals surface area contributed by atoms with Gasteiger partial charge in [0.25, 0.3) is 5.91 Å². The van der Waals surface area contributed by atoms with Gasteiger partial charge in [-0.25, -0.2) is 0 Å². The second-order valence-corrected chi connectivity index (χ2v) is 9.18. The number of aryl methyl sites for hydroxylation is 1. The van der Waals surface area contributed by atoms with Crippen LogP contribution in [0.3, 0.4) is 0 Å². The van der Waals surface area contributed by atoms with Crippen molar-refractivity contribution in [2.24, 2.45) is 0 Å². The van der Waals surface area contributed by atoms with E-state index in [2.05, 4.69) is 16.0 Å². The molecule has 1 aromatic heterocycles. The molecule has 32 heavy (non-hydrogen) atoms. The van der Waals surface area contributed by atoms with Crippen LogP contribution in [0, 0.1) is 6.92 Å². The predicted octanol–water partition coefficient (Wildman–Crippen LogP) is 3.77. The summed E-state index contributed by atoms with van der Waals surface area (Å²) in [6, 6.07) is 17.7. The van der Waals surface area contributed by atoms with E-state index in [4.69, 9.17) is 5.11 Å². The van der Waals surface area contributed by atoms with E-state index in [0.29, 0.717) is 16.5 Å². The minimum atomic E-state index is -0.489. The molecule has 6 nitrogen and oxygen atoms in total. The van der Waals surface area contributed by atoms with Crippen LogP contribution in [0.5, 0.6) is 0 Å². The molecule has 0 saturated carbocycles. The van der Waals surface area contributed by atoms with Gasteiger partial charge < -0.3 is 21.1 Å². The van der Waals surface area contributed by atoms with Crippen molar-refractivity contribution in [1.82, 2.24) is 10.6 Å². The average Bonchev–Trinajstić information content (AvgIpc) is 3.27. The topological polar surface area (TPSA) is 90.5 Å². The van der Waals surface area contributed by atoms with Crippen molar-refractivity contribution in [3.05, 3.63) is 76.2 Å². The van der Waals surface area contributed by atoms with Crippen molar-refractivity contribution < 1.29 is 14.7 Å². The van der Waals surface area contributed by atoms with Crippen molar-refractivity contribution >= 4 is 28.7 Å². The molecule has 4 rings (SSSR count). The lowest BCUT2D eigenvalue weighted by molar-refractivity contribution is 0.0906. The molecule has 4 N–H and O–H groups in total. The Kier molecular flexibility index (Phi) is 6.69. The van der Waals surface area contributed by atoms with Gasteiger partial charge in [-0.3, -0.25) is 9.59 Å². The summed E-state index contributed by atoms with van der Waals surface area (Å²) in [5.41, 5.74) is 4.50. The fourth-order valence-electron chi connectivity index (χ4n) is 3.62. The van der Waals surface area contributed by atoms with E-state index >= 15 is 0 Å². The number of aliphatic hydroxyl groups is 1. The highest BCUT2D eigenvalue weighted by Gasteiger charge is 2.18. The molecular formula is C25H27N3O3S. The smallest absolute Gasteiger partial charge is 0.252 e. The predicted molar refractivity (Wildman–Crippen MR) is 129 cm³/mol. The number of nitrogens with one attached hydrogen (secondary N) is 3. The number of ketones is 1. The van der Waals surface area contributed by atoms with E-state index in [1.807, 2.05) is 62.4 Å². The number of thiophene rings is 1. The van der Waals surface area contributed by atoms with E-state index in [0.717, 1.165) is 40.3 Å². The Morgan fingerprint density at radius 3 is 2.69 bits per heavy atom. The van der Waals surface area contributed by atoms with Gasteiger partial charge in [0.15, 0.2) is 5.78 Å². The van der Waals surface area contributed by atoms with Gasteiger partial charge in [0.1, 0.15) is 6.61 Å². The van der Waals surface area contributed by atoms with Crippen molar-refractivity contribution in [3.8, 4) is 10.4 Å². The number of hydrogen-bond acceptors (Lipinski definition) is 6. The molecule has 166 valence electrons. The molecule has 2 aromatic carbocycles. The zero-order chi connectivity index (χ0) is 22.7. The zero-order valence-corrected chi connectivity index (χ0v) is 19.0. The third-order valence-corrected chi connectivity index (χ3v) is 6.85. The number of hydrogen-bond donors (Lipinski definition) is 4. The summed E-state index contributed by atoms with van der Waals surface area (Å²) in [6.07, 6.45) is 0. The SMILES string of the molecule is Cc1ccc(NC2CNC2)cc1C(=O)NC(C)c1cccc(-c2ccc(C(=O)CO)s2)c1. The third kappa shape index (κ3) is 4.91. The third-order valence-electron chi connectivity index (χ3n) is 5.68. The number of aliphatic hydroxyl groups excluding tert-OH is 1. The van der Waals surface area contributed by atoms with Crippen LogP contribution in [0.25, 0.3) is 10.4 Å². The summed E-state index contributed by atoms with van der Waals surface area (Å²) in [4.78, 5) is 26.2. The molecule has 1 unspecified atom stereocenters. The maximum absolute atomic E-state index is 13.0. The summed E-state index contributed by atoms with van der Waals surface area (Å²) in [6.45, 7) is 5.28. The molecule has 0 bridgehead atoms. The van der Waals surface area contributed by atoms with Crippen LogP contribution in [0.2, 0.25) is 0 Å². The second-order valence-electron chi connectivity index (χ2n) is 8.10. The number of anilines is 1. The van der Waals surface area contributed by atoms with Crippen LogP contribution in [0.1, 0.15) is 44.1 Å². The number of benzene rings is 2. The first kappa shape index (κ1) is 22.2. The van der Waals surface area contributed by atoms with Crippen LogP contribution < -0.4 is 16.0 Å². The quantitative estimate of drug-likeness (QED) is 0.393. The molecule has 1 fully saturated rings. The first-order chi connectivity index (χ1) is 15.4. The Hall–Kier alpha value is -3.00. The Morgan fingerprint density at radius 2 is 1.97 bits per heavy atom. The number of rotatable bonds is 8. The summed E-state index contributed by atoms with van der Waals surface area (Å²) >= 11 is 1.36. The van der Waals surface area contributed by atoms with Gasteiger partial charge in [0, 0.05) is 29.2 Å². The summed E-state index contributed by atoms with van der Waals surface area (Å²) < 4.78 is 0. The zero-order valence-electron chi connectivity index (χ0n) is 18.1. The Morgan fingerprint density at radius 1 is 1.16 bits per heavy atom. The number of carbonyl (C=O) groups is 2. The van der Waals surface area contributed by atoms with Gasteiger partial charge in [0.2, 0.25) is 0 Å². The molecule has 1 amide bonds. The summed E-state index contributed by atoms with van der Waals surface area (Å²) in [7, 11) is 0. The van der Waals surface area contributed by atoms with Gasteiger partial charge in [0.05, 0.1) is 17.0 Å². The lowest BCUT2D eigenvalue weighted by Gasteiger charge is -2.29. The molecule has 0 aliphatic carbocycles. The highest BCUT2D eigenvalue weighted by Crippen LogP contribution is 2.30. The Bertz CT molecular complexity index is 1140. The molecule has 7 heteroatoms. The number of Topliss-reactive ketones (excluding diaryl/α,β-unsaturated/α-hetero) is 1. The fourth-order valence-corrected chi connectivity index (χ4v) is 4.55. The second kappa shape index (κ2) is 9.65. The summed E-state index contributed by atoms with van der Waals surface area (Å²) in [5, 5.41) is 18.9. The van der Waals surface area contributed by atoms with E-state index < -0.39 is 6.61 Å². The Labute approximate surface area is 191 Å². The van der Waals surface area contributed by atoms with Gasteiger partial charge in [-0.1, -0.05) is 24.3 Å². The van der Waals surface area contributed by atoms with E-state index in [1.165, 1.54) is 11.3 Å². The molecule has 0 radical (unpaired) electrons. The van der Waals surface area contributed by atoms with Crippen LogP contribution in [-0.2, 0) is 0 Å². The standard InChI is InChI=1S/C25H27N3O3S/c1-15-6-7-19(28-20-12-26-13-20)11-21(15)25(31)27-16(2)17-4-3-5-18(10-17)23-8-9-24(32-23)22(30)14-29/h3-11,16,20,26,28-29H,12-14H2,1-2H3,(H,27,31). The van der Waals surface area contributed by atoms with Gasteiger partial charge in [-0.15, -0.1) is 11.3 Å². The van der Waals surface area contributed by atoms with E-state index in [9.17, 15) is 9.59 Å². The van der Waals surface area contributed by atoms with Crippen LogP contribution >= 0.6 is 11.3 Å². The Balaban J connectivity index is 1.48. The average molecular weight is 450 g/mol. The largest absolute Gasteiger partial charge is 0.388 e. The molecule has 1 atom stereocenters. The maximum atomic E-state index is 13.0. The maximum Gasteiger partial charge on any atom is 0.252 e. The summed E-state index contributed by atoms with van der Waals surface area (Å²) in [5.74, 6) is -0.388. The highest BCUT2D eigenvalue weighted by molar-refractivity contribution is 7.17. The molecule has 1 aliphatic heterocycles.